The van der Waals surface area contributed by atoms with Crippen LogP contribution in [-0.2, 0) is 6.54 Å². The third-order valence-corrected chi connectivity index (χ3v) is 4.02. The van der Waals surface area contributed by atoms with Crippen molar-refractivity contribution in [3.63, 3.8) is 0 Å². The van der Waals surface area contributed by atoms with Gasteiger partial charge in [-0.1, -0.05) is 12.2 Å². The summed E-state index contributed by atoms with van der Waals surface area (Å²) in [5.41, 5.74) is 7.12. The molecule has 5 heteroatoms. The summed E-state index contributed by atoms with van der Waals surface area (Å²) in [4.78, 5) is 5.05. The molecule has 0 bridgehead atoms. The minimum absolute atomic E-state index is 0.246. The van der Waals surface area contributed by atoms with Gasteiger partial charge in [-0.2, -0.15) is 0 Å². The van der Waals surface area contributed by atoms with Crippen LogP contribution in [-0.4, -0.2) is 47.0 Å². The van der Waals surface area contributed by atoms with Gasteiger partial charge in [-0.25, -0.2) is 4.39 Å². The lowest BCUT2D eigenvalue weighted by molar-refractivity contribution is 0.104. The van der Waals surface area contributed by atoms with Crippen LogP contribution in [0.5, 0.6) is 0 Å². The molecule has 2 rings (SSSR count). The number of piperazine rings is 1. The van der Waals surface area contributed by atoms with Crippen molar-refractivity contribution in [3.05, 3.63) is 35.1 Å². The number of nitrogens with zero attached hydrogens (tertiary/aromatic N) is 2. The van der Waals surface area contributed by atoms with Gasteiger partial charge in [0.1, 0.15) is 10.8 Å². The molecule has 0 aromatic heterocycles. The zero-order valence-electron chi connectivity index (χ0n) is 12.1. The number of rotatable bonds is 4. The van der Waals surface area contributed by atoms with Crippen molar-refractivity contribution in [1.82, 2.24) is 9.80 Å². The monoisotopic (exact) mass is 295 g/mol. The molecular weight excluding hydrogens is 273 g/mol. The van der Waals surface area contributed by atoms with Crippen LogP contribution in [0.1, 0.15) is 25.0 Å². The van der Waals surface area contributed by atoms with E-state index in [-0.39, 0.29) is 10.8 Å². The zero-order valence-corrected chi connectivity index (χ0v) is 12.9. The molecule has 3 nitrogen and oxygen atoms in total. The molecule has 110 valence electrons. The molecule has 20 heavy (non-hydrogen) atoms. The van der Waals surface area contributed by atoms with Crippen LogP contribution < -0.4 is 5.73 Å². The van der Waals surface area contributed by atoms with Crippen molar-refractivity contribution in [3.8, 4) is 0 Å². The second-order valence-corrected chi connectivity index (χ2v) is 6.06. The summed E-state index contributed by atoms with van der Waals surface area (Å²) in [5.74, 6) is -0.272. The first-order valence-electron chi connectivity index (χ1n) is 7.01. The lowest BCUT2D eigenvalue weighted by Crippen LogP contribution is -2.48. The van der Waals surface area contributed by atoms with Gasteiger partial charge in [0.25, 0.3) is 0 Å². The predicted octanol–water partition coefficient (Wildman–Crippen LogP) is 1.99. The molecule has 0 aliphatic carbocycles. The molecule has 1 saturated heterocycles. The average molecular weight is 295 g/mol. The third kappa shape index (κ3) is 3.98. The summed E-state index contributed by atoms with van der Waals surface area (Å²) in [6, 6.07) is 5.44. The fourth-order valence-electron chi connectivity index (χ4n) is 2.58. The van der Waals surface area contributed by atoms with Crippen molar-refractivity contribution >= 4 is 17.2 Å². The van der Waals surface area contributed by atoms with E-state index in [0.717, 1.165) is 38.3 Å². The molecule has 1 aliphatic rings. The number of benzene rings is 1. The predicted molar refractivity (Wildman–Crippen MR) is 84.3 cm³/mol. The summed E-state index contributed by atoms with van der Waals surface area (Å²) in [5, 5.41) is 0. The number of halogens is 1. The minimum Gasteiger partial charge on any atom is -0.389 e. The van der Waals surface area contributed by atoms with Crippen molar-refractivity contribution in [2.75, 3.05) is 26.2 Å². The highest BCUT2D eigenvalue weighted by Crippen LogP contribution is 2.14. The molecule has 0 radical (unpaired) electrons. The van der Waals surface area contributed by atoms with Crippen molar-refractivity contribution in [2.45, 2.75) is 26.4 Å². The molecule has 0 saturated carbocycles. The molecular formula is C15H22FN3S. The summed E-state index contributed by atoms with van der Waals surface area (Å²) in [6.45, 7) is 9.34. The van der Waals surface area contributed by atoms with Crippen LogP contribution >= 0.6 is 12.2 Å². The van der Waals surface area contributed by atoms with E-state index in [0.29, 0.717) is 11.6 Å². The Morgan fingerprint density at radius 2 is 1.90 bits per heavy atom. The Balaban J connectivity index is 1.99. The second kappa shape index (κ2) is 6.61. The highest BCUT2D eigenvalue weighted by atomic mass is 32.1. The summed E-state index contributed by atoms with van der Waals surface area (Å²) in [6.07, 6.45) is 0. The van der Waals surface area contributed by atoms with E-state index in [2.05, 4.69) is 23.6 Å². The smallest absolute Gasteiger partial charge is 0.124 e. The molecule has 0 amide bonds. The third-order valence-electron chi connectivity index (χ3n) is 3.79. The standard InChI is InChI=1S/C15H22FN3S/c1-11(2)19-5-3-18(4-6-19)10-12-7-13(15(17)20)9-14(16)8-12/h7-9,11H,3-6,10H2,1-2H3,(H2,17,20). The van der Waals surface area contributed by atoms with Gasteiger partial charge in [0, 0.05) is 44.3 Å². The Kier molecular flexibility index (Phi) is 5.07. The first-order chi connectivity index (χ1) is 9.45. The van der Waals surface area contributed by atoms with Crippen molar-refractivity contribution in [2.24, 2.45) is 5.73 Å². The van der Waals surface area contributed by atoms with Gasteiger partial charge in [0.05, 0.1) is 0 Å². The van der Waals surface area contributed by atoms with Crippen LogP contribution in [0.3, 0.4) is 0 Å². The number of nitrogens with two attached hydrogens (primary N) is 1. The fraction of sp³-hybridized carbons (Fsp3) is 0.533. The highest BCUT2D eigenvalue weighted by molar-refractivity contribution is 7.80. The highest BCUT2D eigenvalue weighted by Gasteiger charge is 2.19. The van der Waals surface area contributed by atoms with Crippen LogP contribution in [0.2, 0.25) is 0 Å². The molecule has 0 unspecified atom stereocenters. The summed E-state index contributed by atoms with van der Waals surface area (Å²) >= 11 is 4.92. The van der Waals surface area contributed by atoms with E-state index in [9.17, 15) is 4.39 Å². The Bertz CT molecular complexity index is 482. The Morgan fingerprint density at radius 1 is 1.25 bits per heavy atom. The SMILES string of the molecule is CC(C)N1CCN(Cc2cc(F)cc(C(N)=S)c2)CC1. The van der Waals surface area contributed by atoms with Gasteiger partial charge in [0.2, 0.25) is 0 Å². The van der Waals surface area contributed by atoms with E-state index in [1.807, 2.05) is 6.07 Å². The van der Waals surface area contributed by atoms with E-state index in [4.69, 9.17) is 18.0 Å². The maximum absolute atomic E-state index is 13.6. The lowest BCUT2D eigenvalue weighted by atomic mass is 10.1. The summed E-state index contributed by atoms with van der Waals surface area (Å²) < 4.78 is 13.6. The molecule has 1 aromatic rings. The molecule has 0 atom stereocenters. The molecule has 1 aliphatic heterocycles. The minimum atomic E-state index is -0.272. The van der Waals surface area contributed by atoms with E-state index < -0.39 is 0 Å². The van der Waals surface area contributed by atoms with Crippen molar-refractivity contribution < 1.29 is 4.39 Å². The van der Waals surface area contributed by atoms with Crippen LogP contribution in [0.15, 0.2) is 18.2 Å². The van der Waals surface area contributed by atoms with Crippen LogP contribution in [0, 0.1) is 5.82 Å². The Hall–Kier alpha value is -1.04. The van der Waals surface area contributed by atoms with Crippen LogP contribution in [0.25, 0.3) is 0 Å². The zero-order chi connectivity index (χ0) is 14.7. The largest absolute Gasteiger partial charge is 0.389 e. The van der Waals surface area contributed by atoms with Gasteiger partial charge in [-0.05, 0) is 37.6 Å². The maximum Gasteiger partial charge on any atom is 0.124 e. The van der Waals surface area contributed by atoms with E-state index in [1.54, 1.807) is 6.07 Å². The first kappa shape index (κ1) is 15.4. The molecule has 0 spiro atoms. The Morgan fingerprint density at radius 3 is 2.45 bits per heavy atom. The fourth-order valence-corrected chi connectivity index (χ4v) is 2.70. The normalized spacial score (nSPS) is 17.6. The lowest BCUT2D eigenvalue weighted by Gasteiger charge is -2.37. The van der Waals surface area contributed by atoms with Gasteiger partial charge in [0.15, 0.2) is 0 Å². The number of thiocarbonyl (C=S) groups is 1. The number of hydrogen-bond donors (Lipinski definition) is 1. The van der Waals surface area contributed by atoms with Gasteiger partial charge < -0.3 is 5.73 Å². The average Bonchev–Trinajstić information content (AvgIpc) is 2.38. The van der Waals surface area contributed by atoms with Crippen molar-refractivity contribution in [1.29, 1.82) is 0 Å². The summed E-state index contributed by atoms with van der Waals surface area (Å²) in [7, 11) is 0. The van der Waals surface area contributed by atoms with Gasteiger partial charge in [-0.15, -0.1) is 0 Å². The van der Waals surface area contributed by atoms with E-state index >= 15 is 0 Å². The molecule has 1 heterocycles. The van der Waals surface area contributed by atoms with E-state index in [1.165, 1.54) is 6.07 Å². The first-order valence-corrected chi connectivity index (χ1v) is 7.42. The maximum atomic E-state index is 13.6. The quantitative estimate of drug-likeness (QED) is 0.861. The topological polar surface area (TPSA) is 32.5 Å². The van der Waals surface area contributed by atoms with Gasteiger partial charge >= 0.3 is 0 Å². The molecule has 2 N–H and O–H groups in total. The van der Waals surface area contributed by atoms with Crippen LogP contribution in [0.4, 0.5) is 4.39 Å². The van der Waals surface area contributed by atoms with Gasteiger partial charge in [-0.3, -0.25) is 9.80 Å². The molecule has 1 fully saturated rings. The Labute approximate surface area is 125 Å². The number of hydrogen-bond acceptors (Lipinski definition) is 3. The molecule has 1 aromatic carbocycles. The second-order valence-electron chi connectivity index (χ2n) is 5.62.